The van der Waals surface area contributed by atoms with Crippen molar-refractivity contribution in [1.29, 1.82) is 0 Å². The van der Waals surface area contributed by atoms with Gasteiger partial charge in [-0.2, -0.15) is 0 Å². The van der Waals surface area contributed by atoms with Crippen molar-refractivity contribution >= 4 is 11.5 Å². The van der Waals surface area contributed by atoms with Crippen LogP contribution in [0.1, 0.15) is 30.3 Å². The van der Waals surface area contributed by atoms with Gasteiger partial charge >= 0.3 is 0 Å². The molecule has 0 atom stereocenters. The zero-order valence-corrected chi connectivity index (χ0v) is 8.24. The van der Waals surface area contributed by atoms with Gasteiger partial charge in [-0.3, -0.25) is 0 Å². The van der Waals surface area contributed by atoms with Crippen LogP contribution >= 0.6 is 11.5 Å². The zero-order valence-electron chi connectivity index (χ0n) is 7.42. The standard InChI is InChI=1S/C8H13N3S/c1-6-7(12-11-10-6)5-9-8(2)3-4-8/h9H,3-5H2,1-2H3. The monoisotopic (exact) mass is 183 g/mol. The number of aromatic nitrogens is 2. The van der Waals surface area contributed by atoms with E-state index < -0.39 is 0 Å². The first kappa shape index (κ1) is 8.13. The number of nitrogens with zero attached hydrogens (tertiary/aromatic N) is 2. The predicted molar refractivity (Wildman–Crippen MR) is 49.1 cm³/mol. The molecule has 3 nitrogen and oxygen atoms in total. The fourth-order valence-corrected chi connectivity index (χ4v) is 1.64. The molecule has 0 unspecified atom stereocenters. The van der Waals surface area contributed by atoms with Crippen molar-refractivity contribution in [1.82, 2.24) is 14.9 Å². The molecule has 2 rings (SSSR count). The molecule has 0 aliphatic heterocycles. The van der Waals surface area contributed by atoms with Crippen molar-refractivity contribution in [2.45, 2.75) is 38.8 Å². The van der Waals surface area contributed by atoms with Crippen molar-refractivity contribution in [2.24, 2.45) is 0 Å². The molecule has 1 aliphatic carbocycles. The predicted octanol–water partition coefficient (Wildman–Crippen LogP) is 1.49. The first-order valence-electron chi connectivity index (χ1n) is 4.22. The first-order valence-corrected chi connectivity index (χ1v) is 5.00. The molecule has 1 N–H and O–H groups in total. The molecular weight excluding hydrogens is 170 g/mol. The second-order valence-electron chi connectivity index (χ2n) is 3.70. The summed E-state index contributed by atoms with van der Waals surface area (Å²) >= 11 is 1.49. The fraction of sp³-hybridized carbons (Fsp3) is 0.750. The van der Waals surface area contributed by atoms with Crippen molar-refractivity contribution < 1.29 is 0 Å². The maximum absolute atomic E-state index is 3.97. The van der Waals surface area contributed by atoms with E-state index in [2.05, 4.69) is 21.8 Å². The van der Waals surface area contributed by atoms with E-state index in [1.165, 1.54) is 29.3 Å². The van der Waals surface area contributed by atoms with Crippen LogP contribution in [0.4, 0.5) is 0 Å². The lowest BCUT2D eigenvalue weighted by Gasteiger charge is -2.09. The van der Waals surface area contributed by atoms with Gasteiger partial charge in [0.15, 0.2) is 0 Å². The van der Waals surface area contributed by atoms with Gasteiger partial charge in [0.05, 0.1) is 10.6 Å². The summed E-state index contributed by atoms with van der Waals surface area (Å²) in [7, 11) is 0. The third-order valence-corrected chi connectivity index (χ3v) is 3.24. The van der Waals surface area contributed by atoms with Crippen molar-refractivity contribution in [3.05, 3.63) is 10.6 Å². The summed E-state index contributed by atoms with van der Waals surface area (Å²) in [4.78, 5) is 1.27. The molecular formula is C8H13N3S. The van der Waals surface area contributed by atoms with Crippen molar-refractivity contribution in [2.75, 3.05) is 0 Å². The molecule has 1 aromatic rings. The molecule has 1 heterocycles. The lowest BCUT2D eigenvalue weighted by atomic mass is 10.3. The Morgan fingerprint density at radius 2 is 2.33 bits per heavy atom. The van der Waals surface area contributed by atoms with E-state index in [4.69, 9.17) is 0 Å². The number of nitrogens with one attached hydrogen (secondary N) is 1. The molecule has 1 fully saturated rings. The van der Waals surface area contributed by atoms with Crippen LogP contribution in [0, 0.1) is 6.92 Å². The van der Waals surface area contributed by atoms with Gasteiger partial charge in [-0.1, -0.05) is 4.49 Å². The Bertz CT molecular complexity index is 278. The number of hydrogen-bond donors (Lipinski definition) is 1. The first-order chi connectivity index (χ1) is 5.70. The second kappa shape index (κ2) is 2.78. The maximum Gasteiger partial charge on any atom is 0.0769 e. The number of hydrogen-bond acceptors (Lipinski definition) is 4. The fourth-order valence-electron chi connectivity index (χ4n) is 1.07. The van der Waals surface area contributed by atoms with Crippen molar-refractivity contribution in [3.8, 4) is 0 Å². The van der Waals surface area contributed by atoms with Crippen LogP contribution in [0.3, 0.4) is 0 Å². The average molecular weight is 183 g/mol. The van der Waals surface area contributed by atoms with Gasteiger partial charge in [0.2, 0.25) is 0 Å². The van der Waals surface area contributed by atoms with Crippen LogP contribution in [0.15, 0.2) is 0 Å². The van der Waals surface area contributed by atoms with Gasteiger partial charge in [0.1, 0.15) is 0 Å². The summed E-state index contributed by atoms with van der Waals surface area (Å²) in [5.41, 5.74) is 1.48. The Morgan fingerprint density at radius 3 is 2.83 bits per heavy atom. The van der Waals surface area contributed by atoms with E-state index in [0.29, 0.717) is 5.54 Å². The highest BCUT2D eigenvalue weighted by atomic mass is 32.1. The molecule has 4 heteroatoms. The van der Waals surface area contributed by atoms with E-state index in [1.54, 1.807) is 0 Å². The van der Waals surface area contributed by atoms with Gasteiger partial charge in [-0.25, -0.2) is 0 Å². The van der Waals surface area contributed by atoms with Crippen LogP contribution in [0.5, 0.6) is 0 Å². The second-order valence-corrected chi connectivity index (χ2v) is 4.53. The topological polar surface area (TPSA) is 37.8 Å². The Morgan fingerprint density at radius 1 is 1.58 bits per heavy atom. The summed E-state index contributed by atoms with van der Waals surface area (Å²) in [5.74, 6) is 0. The molecule has 12 heavy (non-hydrogen) atoms. The van der Waals surface area contributed by atoms with E-state index in [0.717, 1.165) is 12.2 Å². The molecule has 0 amide bonds. The highest BCUT2D eigenvalue weighted by molar-refractivity contribution is 7.05. The molecule has 0 radical (unpaired) electrons. The van der Waals surface area contributed by atoms with E-state index in [9.17, 15) is 0 Å². The summed E-state index contributed by atoms with van der Waals surface area (Å²) in [6, 6.07) is 0. The quantitative estimate of drug-likeness (QED) is 0.771. The molecule has 1 saturated carbocycles. The summed E-state index contributed by atoms with van der Waals surface area (Å²) in [6.45, 7) is 5.20. The maximum atomic E-state index is 3.97. The van der Waals surface area contributed by atoms with E-state index >= 15 is 0 Å². The minimum absolute atomic E-state index is 0.413. The van der Waals surface area contributed by atoms with Crippen LogP contribution in [0.2, 0.25) is 0 Å². The molecule has 1 aliphatic rings. The lowest BCUT2D eigenvalue weighted by molar-refractivity contribution is 0.540. The Kier molecular flexibility index (Phi) is 1.88. The van der Waals surface area contributed by atoms with Gasteiger partial charge in [-0.15, -0.1) is 5.10 Å². The molecule has 0 spiro atoms. The third-order valence-electron chi connectivity index (χ3n) is 2.42. The zero-order chi connectivity index (χ0) is 8.60. The summed E-state index contributed by atoms with van der Waals surface area (Å²) in [6.07, 6.45) is 2.61. The van der Waals surface area contributed by atoms with E-state index in [1.807, 2.05) is 6.92 Å². The molecule has 0 aromatic carbocycles. The molecule has 1 aromatic heterocycles. The summed E-state index contributed by atoms with van der Waals surface area (Å²) < 4.78 is 3.89. The summed E-state index contributed by atoms with van der Waals surface area (Å²) in [5, 5.41) is 7.47. The van der Waals surface area contributed by atoms with Gasteiger partial charge < -0.3 is 5.32 Å². The van der Waals surface area contributed by atoms with Gasteiger partial charge in [0.25, 0.3) is 0 Å². The minimum atomic E-state index is 0.413. The van der Waals surface area contributed by atoms with Crippen LogP contribution in [-0.2, 0) is 6.54 Å². The van der Waals surface area contributed by atoms with E-state index in [-0.39, 0.29) is 0 Å². The van der Waals surface area contributed by atoms with Crippen LogP contribution in [-0.4, -0.2) is 15.1 Å². The molecule has 0 bridgehead atoms. The Balaban J connectivity index is 1.91. The Hall–Kier alpha value is -0.480. The molecule has 0 saturated heterocycles. The van der Waals surface area contributed by atoms with Crippen molar-refractivity contribution in [3.63, 3.8) is 0 Å². The minimum Gasteiger partial charge on any atom is -0.307 e. The smallest absolute Gasteiger partial charge is 0.0769 e. The number of rotatable bonds is 3. The average Bonchev–Trinajstić information content (AvgIpc) is 2.61. The normalized spacial score (nSPS) is 19.5. The SMILES string of the molecule is Cc1nnsc1CNC1(C)CC1. The van der Waals surface area contributed by atoms with Crippen LogP contribution < -0.4 is 5.32 Å². The van der Waals surface area contributed by atoms with Crippen LogP contribution in [0.25, 0.3) is 0 Å². The van der Waals surface area contributed by atoms with Gasteiger partial charge in [0, 0.05) is 12.1 Å². The molecule has 66 valence electrons. The Labute approximate surface area is 76.4 Å². The lowest BCUT2D eigenvalue weighted by Crippen LogP contribution is -2.26. The highest BCUT2D eigenvalue weighted by Crippen LogP contribution is 2.34. The highest BCUT2D eigenvalue weighted by Gasteiger charge is 2.36. The van der Waals surface area contributed by atoms with Gasteiger partial charge in [-0.05, 0) is 38.2 Å². The largest absolute Gasteiger partial charge is 0.307 e. The third kappa shape index (κ3) is 1.64. The number of aryl methyl sites for hydroxylation is 1.